The summed E-state index contributed by atoms with van der Waals surface area (Å²) in [5, 5.41) is 18.5. The predicted octanol–water partition coefficient (Wildman–Crippen LogP) is 0.103. The Morgan fingerprint density at radius 2 is 2.32 bits per heavy atom. The Hall–Kier alpha value is -2.15. The second kappa shape index (κ2) is 5.66. The van der Waals surface area contributed by atoms with Crippen molar-refractivity contribution in [1.29, 1.82) is 0 Å². The molecule has 1 amide bonds. The fourth-order valence-electron chi connectivity index (χ4n) is 1.99. The number of aromatic nitrogens is 1. The van der Waals surface area contributed by atoms with Gasteiger partial charge in [0.25, 0.3) is 5.91 Å². The first-order valence-electron chi connectivity index (χ1n) is 5.84. The summed E-state index contributed by atoms with van der Waals surface area (Å²) in [5.41, 5.74) is -0.0696. The molecule has 0 bridgehead atoms. The van der Waals surface area contributed by atoms with Crippen molar-refractivity contribution in [2.75, 3.05) is 19.8 Å². The van der Waals surface area contributed by atoms with Crippen molar-refractivity contribution in [3.05, 3.63) is 24.0 Å². The van der Waals surface area contributed by atoms with Crippen molar-refractivity contribution >= 4 is 11.9 Å². The Labute approximate surface area is 109 Å². The van der Waals surface area contributed by atoms with Gasteiger partial charge < -0.3 is 19.8 Å². The third kappa shape index (κ3) is 3.00. The summed E-state index contributed by atoms with van der Waals surface area (Å²) in [6.07, 6.45) is 1.21. The number of aromatic hydroxyl groups is 1. The quantitative estimate of drug-likeness (QED) is 0.805. The first kappa shape index (κ1) is 13.3. The van der Waals surface area contributed by atoms with Crippen LogP contribution in [0.1, 0.15) is 16.9 Å². The molecular formula is C12H14N2O5. The van der Waals surface area contributed by atoms with Crippen LogP contribution in [0, 0.1) is 0 Å². The van der Waals surface area contributed by atoms with Crippen LogP contribution in [0.5, 0.6) is 5.75 Å². The van der Waals surface area contributed by atoms with Crippen LogP contribution in [0.25, 0.3) is 0 Å². The molecule has 1 aromatic rings. The molecule has 102 valence electrons. The molecule has 7 heteroatoms. The number of nitrogens with zero attached hydrogens (tertiary/aromatic N) is 2. The van der Waals surface area contributed by atoms with Gasteiger partial charge in [-0.1, -0.05) is 0 Å². The molecule has 1 saturated heterocycles. The van der Waals surface area contributed by atoms with Crippen LogP contribution in [0.3, 0.4) is 0 Å². The van der Waals surface area contributed by atoms with Gasteiger partial charge >= 0.3 is 5.97 Å². The number of carbonyl (C=O) groups excluding carboxylic acids is 1. The van der Waals surface area contributed by atoms with E-state index in [9.17, 15) is 14.7 Å². The van der Waals surface area contributed by atoms with E-state index in [4.69, 9.17) is 9.84 Å². The molecule has 1 aliphatic rings. The number of carboxylic acids is 1. The molecule has 2 heterocycles. The lowest BCUT2D eigenvalue weighted by atomic mass is 10.1. The first-order valence-corrected chi connectivity index (χ1v) is 5.84. The summed E-state index contributed by atoms with van der Waals surface area (Å²) in [6.45, 7) is 0.799. The number of ether oxygens (including phenoxy) is 1. The zero-order valence-corrected chi connectivity index (χ0v) is 10.2. The number of pyridine rings is 1. The van der Waals surface area contributed by atoms with Crippen molar-refractivity contribution in [3.63, 3.8) is 0 Å². The van der Waals surface area contributed by atoms with E-state index in [1.54, 1.807) is 0 Å². The molecule has 1 fully saturated rings. The van der Waals surface area contributed by atoms with E-state index < -0.39 is 17.9 Å². The second-order valence-corrected chi connectivity index (χ2v) is 4.20. The van der Waals surface area contributed by atoms with Gasteiger partial charge in [0.05, 0.1) is 25.7 Å². The van der Waals surface area contributed by atoms with Crippen LogP contribution in [-0.2, 0) is 9.53 Å². The Morgan fingerprint density at radius 3 is 3.00 bits per heavy atom. The standard InChI is InChI=1S/C12H14N2O5/c15-9-2-1-3-13-11(9)12(18)14-4-5-19-7-8(14)6-10(16)17/h1-3,8,15H,4-7H2,(H,16,17). The highest BCUT2D eigenvalue weighted by atomic mass is 16.5. The number of aliphatic carboxylic acids is 1. The zero-order chi connectivity index (χ0) is 13.8. The lowest BCUT2D eigenvalue weighted by Gasteiger charge is -2.34. The fraction of sp³-hybridized carbons (Fsp3) is 0.417. The summed E-state index contributed by atoms with van der Waals surface area (Å²) in [5.74, 6) is -1.70. The maximum absolute atomic E-state index is 12.3. The highest BCUT2D eigenvalue weighted by molar-refractivity contribution is 5.95. The highest BCUT2D eigenvalue weighted by Crippen LogP contribution is 2.19. The smallest absolute Gasteiger partial charge is 0.305 e. The van der Waals surface area contributed by atoms with E-state index in [1.807, 2.05) is 0 Å². The van der Waals surface area contributed by atoms with E-state index in [2.05, 4.69) is 4.98 Å². The summed E-state index contributed by atoms with van der Waals surface area (Å²) in [7, 11) is 0. The number of carbonyl (C=O) groups is 2. The Morgan fingerprint density at radius 1 is 1.53 bits per heavy atom. The largest absolute Gasteiger partial charge is 0.505 e. The number of rotatable bonds is 3. The van der Waals surface area contributed by atoms with E-state index in [0.29, 0.717) is 6.61 Å². The Kier molecular flexibility index (Phi) is 3.96. The highest BCUT2D eigenvalue weighted by Gasteiger charge is 2.31. The fourth-order valence-corrected chi connectivity index (χ4v) is 1.99. The van der Waals surface area contributed by atoms with Crippen molar-refractivity contribution in [3.8, 4) is 5.75 Å². The SMILES string of the molecule is O=C(O)CC1COCCN1C(=O)c1ncccc1O. The van der Waals surface area contributed by atoms with Gasteiger partial charge in [-0.2, -0.15) is 0 Å². The molecular weight excluding hydrogens is 252 g/mol. The van der Waals surface area contributed by atoms with Gasteiger partial charge in [0.15, 0.2) is 5.69 Å². The summed E-state index contributed by atoms with van der Waals surface area (Å²) >= 11 is 0. The number of hydrogen-bond acceptors (Lipinski definition) is 5. The average molecular weight is 266 g/mol. The summed E-state index contributed by atoms with van der Waals surface area (Å²) in [6, 6.07) is 2.34. The van der Waals surface area contributed by atoms with Gasteiger partial charge in [0.1, 0.15) is 5.75 Å². The molecule has 1 atom stereocenters. The molecule has 1 aromatic heterocycles. The maximum atomic E-state index is 12.3. The molecule has 1 unspecified atom stereocenters. The third-order valence-electron chi connectivity index (χ3n) is 2.89. The minimum Gasteiger partial charge on any atom is -0.505 e. The van der Waals surface area contributed by atoms with Gasteiger partial charge in [-0.15, -0.1) is 0 Å². The first-order chi connectivity index (χ1) is 9.09. The van der Waals surface area contributed by atoms with Gasteiger partial charge in [-0.3, -0.25) is 9.59 Å². The number of carboxylic acid groups (broad SMARTS) is 1. The van der Waals surface area contributed by atoms with Crippen LogP contribution >= 0.6 is 0 Å². The molecule has 0 spiro atoms. The molecule has 19 heavy (non-hydrogen) atoms. The monoisotopic (exact) mass is 266 g/mol. The Bertz CT molecular complexity index is 491. The predicted molar refractivity (Wildman–Crippen MR) is 63.8 cm³/mol. The van der Waals surface area contributed by atoms with E-state index in [1.165, 1.54) is 23.2 Å². The van der Waals surface area contributed by atoms with Gasteiger partial charge in [0, 0.05) is 12.7 Å². The van der Waals surface area contributed by atoms with Gasteiger partial charge in [0.2, 0.25) is 0 Å². The number of hydrogen-bond donors (Lipinski definition) is 2. The molecule has 0 aliphatic carbocycles. The van der Waals surface area contributed by atoms with Crippen molar-refractivity contribution in [1.82, 2.24) is 9.88 Å². The maximum Gasteiger partial charge on any atom is 0.305 e. The number of morpholine rings is 1. The van der Waals surface area contributed by atoms with E-state index in [-0.39, 0.29) is 31.0 Å². The van der Waals surface area contributed by atoms with Crippen LogP contribution in [-0.4, -0.2) is 57.8 Å². The minimum atomic E-state index is -1.00. The van der Waals surface area contributed by atoms with Crippen molar-refractivity contribution < 1.29 is 24.5 Å². The number of amides is 1. The molecule has 1 aliphatic heterocycles. The molecule has 0 radical (unpaired) electrons. The zero-order valence-electron chi connectivity index (χ0n) is 10.2. The summed E-state index contributed by atoms with van der Waals surface area (Å²) in [4.78, 5) is 28.3. The normalized spacial score (nSPS) is 19.2. The van der Waals surface area contributed by atoms with Crippen molar-refractivity contribution in [2.45, 2.75) is 12.5 Å². The van der Waals surface area contributed by atoms with Gasteiger partial charge in [-0.05, 0) is 12.1 Å². The summed E-state index contributed by atoms with van der Waals surface area (Å²) < 4.78 is 5.19. The average Bonchev–Trinajstić information content (AvgIpc) is 2.38. The minimum absolute atomic E-state index is 0.0696. The molecule has 7 nitrogen and oxygen atoms in total. The second-order valence-electron chi connectivity index (χ2n) is 4.20. The lowest BCUT2D eigenvalue weighted by molar-refractivity contribution is -0.139. The molecule has 2 N–H and O–H groups in total. The van der Waals surface area contributed by atoms with E-state index >= 15 is 0 Å². The Balaban J connectivity index is 2.20. The van der Waals surface area contributed by atoms with Crippen LogP contribution < -0.4 is 0 Å². The molecule has 0 saturated carbocycles. The third-order valence-corrected chi connectivity index (χ3v) is 2.89. The van der Waals surface area contributed by atoms with Crippen LogP contribution in [0.2, 0.25) is 0 Å². The van der Waals surface area contributed by atoms with E-state index in [0.717, 1.165) is 0 Å². The molecule has 2 rings (SSSR count). The van der Waals surface area contributed by atoms with Crippen LogP contribution in [0.4, 0.5) is 0 Å². The van der Waals surface area contributed by atoms with Crippen molar-refractivity contribution in [2.24, 2.45) is 0 Å². The van der Waals surface area contributed by atoms with Gasteiger partial charge in [-0.25, -0.2) is 4.98 Å². The van der Waals surface area contributed by atoms with Crippen LogP contribution in [0.15, 0.2) is 18.3 Å². The topological polar surface area (TPSA) is 100.0 Å². The lowest BCUT2D eigenvalue weighted by Crippen LogP contribution is -2.49. The molecule has 0 aromatic carbocycles.